The van der Waals surface area contributed by atoms with E-state index in [9.17, 15) is 5.11 Å². The van der Waals surface area contributed by atoms with Crippen LogP contribution in [0.1, 0.15) is 0 Å². The Morgan fingerprint density at radius 2 is 1.54 bits per heavy atom. The van der Waals surface area contributed by atoms with Crippen molar-refractivity contribution in [3.63, 3.8) is 0 Å². The summed E-state index contributed by atoms with van der Waals surface area (Å²) in [5, 5.41) is 44.2. The topological polar surface area (TPSA) is 136 Å². The van der Waals surface area contributed by atoms with Gasteiger partial charge in [0, 0.05) is 0 Å². The van der Waals surface area contributed by atoms with Crippen LogP contribution >= 0.6 is 0 Å². The predicted molar refractivity (Wildman–Crippen MR) is 41.3 cm³/mol. The van der Waals surface area contributed by atoms with Crippen LogP contribution in [-0.2, 0) is 4.84 Å². The minimum atomic E-state index is -1.62. The fraction of sp³-hybridized carbons (Fsp3) is 1.00. The molecule has 0 saturated heterocycles. The summed E-state index contributed by atoms with van der Waals surface area (Å²) >= 11 is 0. The SMILES string of the molecule is NO[C@@H](CO)[C@@H](O)[C@H](O)[C@H](O)CO. The number of hydrogen-bond acceptors (Lipinski definition) is 7. The Bertz CT molecular complexity index is 130. The molecule has 0 heterocycles. The maximum absolute atomic E-state index is 9.19. The highest BCUT2D eigenvalue weighted by Gasteiger charge is 2.31. The first-order valence-corrected chi connectivity index (χ1v) is 3.69. The molecule has 0 amide bonds. The number of aliphatic hydroxyl groups is 5. The number of hydrogen-bond donors (Lipinski definition) is 6. The van der Waals surface area contributed by atoms with E-state index in [2.05, 4.69) is 10.7 Å². The van der Waals surface area contributed by atoms with Gasteiger partial charge >= 0.3 is 0 Å². The standard InChI is InChI=1S/C6H15NO6/c7-13-4(2-9)6(12)5(11)3(10)1-8/h3-6,8-12H,1-2,7H2/t3-,4+,5-,6-/m1/s1. The minimum Gasteiger partial charge on any atom is -0.394 e. The second-order valence-electron chi connectivity index (χ2n) is 2.59. The van der Waals surface area contributed by atoms with Gasteiger partial charge in [0.2, 0.25) is 0 Å². The van der Waals surface area contributed by atoms with Gasteiger partial charge in [-0.15, -0.1) is 0 Å². The second kappa shape index (κ2) is 6.22. The van der Waals surface area contributed by atoms with E-state index in [1.165, 1.54) is 0 Å². The van der Waals surface area contributed by atoms with E-state index < -0.39 is 37.6 Å². The van der Waals surface area contributed by atoms with Crippen molar-refractivity contribution < 1.29 is 30.4 Å². The molecule has 7 nitrogen and oxygen atoms in total. The lowest BCUT2D eigenvalue weighted by atomic mass is 10.0. The Hall–Kier alpha value is -0.280. The van der Waals surface area contributed by atoms with Crippen molar-refractivity contribution in [1.82, 2.24) is 0 Å². The lowest BCUT2D eigenvalue weighted by Crippen LogP contribution is -2.48. The molecule has 0 aliphatic carbocycles. The molecule has 7 heteroatoms. The van der Waals surface area contributed by atoms with Crippen LogP contribution in [0.5, 0.6) is 0 Å². The zero-order valence-electron chi connectivity index (χ0n) is 6.95. The first-order valence-electron chi connectivity index (χ1n) is 3.69. The van der Waals surface area contributed by atoms with Crippen LogP contribution in [0, 0.1) is 0 Å². The van der Waals surface area contributed by atoms with Crippen LogP contribution in [0.3, 0.4) is 0 Å². The second-order valence-corrected chi connectivity index (χ2v) is 2.59. The Balaban J connectivity index is 4.13. The molecule has 7 N–H and O–H groups in total. The maximum atomic E-state index is 9.19. The van der Waals surface area contributed by atoms with Gasteiger partial charge in [0.25, 0.3) is 0 Å². The molecular weight excluding hydrogens is 182 g/mol. The van der Waals surface area contributed by atoms with Gasteiger partial charge in [-0.05, 0) is 0 Å². The van der Waals surface area contributed by atoms with E-state index in [0.29, 0.717) is 0 Å². The van der Waals surface area contributed by atoms with Crippen molar-refractivity contribution in [3.05, 3.63) is 0 Å². The van der Waals surface area contributed by atoms with Crippen molar-refractivity contribution >= 4 is 0 Å². The molecule has 0 bridgehead atoms. The summed E-state index contributed by atoms with van der Waals surface area (Å²) in [6, 6.07) is 0. The molecule has 0 aromatic heterocycles. The molecule has 0 aromatic carbocycles. The van der Waals surface area contributed by atoms with Gasteiger partial charge in [-0.25, -0.2) is 5.90 Å². The largest absolute Gasteiger partial charge is 0.394 e. The van der Waals surface area contributed by atoms with Gasteiger partial charge in [0.15, 0.2) is 0 Å². The molecule has 0 spiro atoms. The highest BCUT2D eigenvalue weighted by Crippen LogP contribution is 2.06. The molecule has 0 fully saturated rings. The molecule has 80 valence electrons. The predicted octanol–water partition coefficient (Wildman–Crippen LogP) is -3.69. The number of rotatable bonds is 6. The van der Waals surface area contributed by atoms with Gasteiger partial charge < -0.3 is 25.5 Å². The number of nitrogens with two attached hydrogens (primary N) is 1. The summed E-state index contributed by atoms with van der Waals surface area (Å²) in [5.74, 6) is 4.69. The zero-order chi connectivity index (χ0) is 10.4. The lowest BCUT2D eigenvalue weighted by molar-refractivity contribution is -0.142. The summed E-state index contributed by atoms with van der Waals surface area (Å²) in [7, 11) is 0. The molecule has 0 saturated carbocycles. The van der Waals surface area contributed by atoms with Crippen LogP contribution in [0.2, 0.25) is 0 Å². The highest BCUT2D eigenvalue weighted by molar-refractivity contribution is 4.80. The van der Waals surface area contributed by atoms with Crippen molar-refractivity contribution in [2.45, 2.75) is 24.4 Å². The van der Waals surface area contributed by atoms with E-state index in [-0.39, 0.29) is 0 Å². The average molecular weight is 197 g/mol. The average Bonchev–Trinajstić information content (AvgIpc) is 2.17. The fourth-order valence-corrected chi connectivity index (χ4v) is 0.787. The van der Waals surface area contributed by atoms with Gasteiger partial charge in [-0.2, -0.15) is 0 Å². The quantitative estimate of drug-likeness (QED) is 0.241. The summed E-state index contributed by atoms with van der Waals surface area (Å²) in [6.07, 6.45) is -5.88. The van der Waals surface area contributed by atoms with Crippen molar-refractivity contribution in [1.29, 1.82) is 0 Å². The van der Waals surface area contributed by atoms with Crippen LogP contribution in [-0.4, -0.2) is 63.2 Å². The fourth-order valence-electron chi connectivity index (χ4n) is 0.787. The van der Waals surface area contributed by atoms with Gasteiger partial charge in [0.05, 0.1) is 13.2 Å². The minimum absolute atomic E-state index is 0.604. The third kappa shape index (κ3) is 3.53. The molecule has 0 aromatic rings. The highest BCUT2D eigenvalue weighted by atomic mass is 16.6. The van der Waals surface area contributed by atoms with Gasteiger partial charge in [-0.1, -0.05) is 0 Å². The van der Waals surface area contributed by atoms with E-state index in [1.807, 2.05) is 0 Å². The van der Waals surface area contributed by atoms with E-state index in [4.69, 9.17) is 20.4 Å². The van der Waals surface area contributed by atoms with Gasteiger partial charge in [0.1, 0.15) is 24.4 Å². The molecule has 13 heavy (non-hydrogen) atoms. The third-order valence-electron chi connectivity index (χ3n) is 1.67. The van der Waals surface area contributed by atoms with Crippen molar-refractivity contribution in [2.24, 2.45) is 5.90 Å². The molecule has 0 radical (unpaired) electrons. The zero-order valence-corrected chi connectivity index (χ0v) is 6.95. The Kier molecular flexibility index (Phi) is 6.08. The summed E-state index contributed by atoms with van der Waals surface area (Å²) in [6.45, 7) is -1.31. The summed E-state index contributed by atoms with van der Waals surface area (Å²) in [4.78, 5) is 4.12. The van der Waals surface area contributed by atoms with E-state index in [1.54, 1.807) is 0 Å². The molecule has 0 aliphatic heterocycles. The van der Waals surface area contributed by atoms with E-state index >= 15 is 0 Å². The first kappa shape index (κ1) is 12.7. The maximum Gasteiger partial charge on any atom is 0.130 e. The smallest absolute Gasteiger partial charge is 0.130 e. The van der Waals surface area contributed by atoms with Crippen LogP contribution in [0.4, 0.5) is 0 Å². The van der Waals surface area contributed by atoms with Crippen LogP contribution in [0.25, 0.3) is 0 Å². The molecule has 0 rings (SSSR count). The third-order valence-corrected chi connectivity index (χ3v) is 1.67. The van der Waals surface area contributed by atoms with Crippen molar-refractivity contribution in [2.75, 3.05) is 13.2 Å². The monoisotopic (exact) mass is 197 g/mol. The normalized spacial score (nSPS) is 20.8. The molecular formula is C6H15NO6. The summed E-state index contributed by atoms with van der Waals surface area (Å²) in [5.41, 5.74) is 0. The lowest BCUT2D eigenvalue weighted by Gasteiger charge is -2.25. The molecule has 0 unspecified atom stereocenters. The number of aliphatic hydroxyl groups excluding tert-OH is 5. The van der Waals surface area contributed by atoms with E-state index in [0.717, 1.165) is 0 Å². The van der Waals surface area contributed by atoms with Crippen LogP contribution < -0.4 is 5.90 Å². The van der Waals surface area contributed by atoms with Gasteiger partial charge in [-0.3, -0.25) is 4.84 Å². The Labute approximate surface area is 74.9 Å². The molecule has 4 atom stereocenters. The van der Waals surface area contributed by atoms with Crippen LogP contribution in [0.15, 0.2) is 0 Å². The Morgan fingerprint density at radius 3 is 1.85 bits per heavy atom. The Morgan fingerprint density at radius 1 is 1.00 bits per heavy atom. The molecule has 0 aliphatic rings. The first-order chi connectivity index (χ1) is 6.08. The summed E-state index contributed by atoms with van der Waals surface area (Å²) < 4.78 is 0. The van der Waals surface area contributed by atoms with Crippen molar-refractivity contribution in [3.8, 4) is 0 Å².